The SMILES string of the molecule is CNc1nc(Nc2cccc(C#N)c2)cc(-c2ccncc2)n1. The molecule has 0 aliphatic carbocycles. The number of rotatable bonds is 4. The van der Waals surface area contributed by atoms with Crippen molar-refractivity contribution < 1.29 is 0 Å². The van der Waals surface area contributed by atoms with Crippen molar-refractivity contribution in [3.05, 3.63) is 60.4 Å². The predicted molar refractivity (Wildman–Crippen MR) is 89.2 cm³/mol. The Bertz CT molecular complexity index is 854. The third-order valence-corrected chi connectivity index (χ3v) is 3.19. The lowest BCUT2D eigenvalue weighted by atomic mass is 10.2. The van der Waals surface area contributed by atoms with E-state index in [0.717, 1.165) is 16.9 Å². The molecule has 0 fully saturated rings. The molecule has 1 aromatic carbocycles. The number of pyridine rings is 1. The minimum Gasteiger partial charge on any atom is -0.357 e. The zero-order valence-corrected chi connectivity index (χ0v) is 12.5. The van der Waals surface area contributed by atoms with Crippen molar-refractivity contribution in [2.24, 2.45) is 0 Å². The van der Waals surface area contributed by atoms with Gasteiger partial charge in [-0.05, 0) is 30.3 Å². The number of nitrogens with one attached hydrogen (secondary N) is 2. The van der Waals surface area contributed by atoms with Crippen LogP contribution in [0.15, 0.2) is 54.9 Å². The fraction of sp³-hybridized carbons (Fsp3) is 0.0588. The normalized spacial score (nSPS) is 9.91. The molecule has 6 heteroatoms. The van der Waals surface area contributed by atoms with Crippen LogP contribution in [0.4, 0.5) is 17.5 Å². The molecule has 2 aromatic heterocycles. The summed E-state index contributed by atoms with van der Waals surface area (Å²) < 4.78 is 0. The zero-order valence-electron chi connectivity index (χ0n) is 12.5. The van der Waals surface area contributed by atoms with Crippen LogP contribution in [0.3, 0.4) is 0 Å². The molecule has 0 aliphatic rings. The van der Waals surface area contributed by atoms with E-state index in [1.165, 1.54) is 0 Å². The second kappa shape index (κ2) is 6.54. The summed E-state index contributed by atoms with van der Waals surface area (Å²) >= 11 is 0. The monoisotopic (exact) mass is 302 g/mol. The highest BCUT2D eigenvalue weighted by molar-refractivity contribution is 5.67. The van der Waals surface area contributed by atoms with E-state index >= 15 is 0 Å². The molecule has 0 unspecified atom stereocenters. The van der Waals surface area contributed by atoms with E-state index in [0.29, 0.717) is 17.3 Å². The second-order valence-corrected chi connectivity index (χ2v) is 4.77. The molecule has 3 rings (SSSR count). The lowest BCUT2D eigenvalue weighted by molar-refractivity contribution is 1.15. The molecule has 3 aromatic rings. The van der Waals surface area contributed by atoms with Crippen molar-refractivity contribution in [1.29, 1.82) is 5.26 Å². The first-order chi connectivity index (χ1) is 11.3. The molecule has 0 saturated carbocycles. The quantitative estimate of drug-likeness (QED) is 0.769. The maximum absolute atomic E-state index is 8.98. The number of hydrogen-bond donors (Lipinski definition) is 2. The molecule has 0 bridgehead atoms. The third kappa shape index (κ3) is 3.41. The van der Waals surface area contributed by atoms with Gasteiger partial charge < -0.3 is 10.6 Å². The minimum absolute atomic E-state index is 0.512. The predicted octanol–water partition coefficient (Wildman–Crippen LogP) is 3.20. The fourth-order valence-electron chi connectivity index (χ4n) is 2.11. The molecule has 0 amide bonds. The van der Waals surface area contributed by atoms with Crippen LogP contribution < -0.4 is 10.6 Å². The Kier molecular flexibility index (Phi) is 4.11. The smallest absolute Gasteiger partial charge is 0.224 e. The summed E-state index contributed by atoms with van der Waals surface area (Å²) in [6.45, 7) is 0. The highest BCUT2D eigenvalue weighted by Crippen LogP contribution is 2.23. The van der Waals surface area contributed by atoms with Gasteiger partial charge in [0, 0.05) is 36.8 Å². The van der Waals surface area contributed by atoms with Crippen LogP contribution in [0.5, 0.6) is 0 Å². The van der Waals surface area contributed by atoms with Gasteiger partial charge in [-0.3, -0.25) is 4.98 Å². The van der Waals surface area contributed by atoms with Gasteiger partial charge in [0.25, 0.3) is 0 Å². The molecular weight excluding hydrogens is 288 g/mol. The number of anilines is 3. The van der Waals surface area contributed by atoms with Gasteiger partial charge in [-0.15, -0.1) is 0 Å². The standard InChI is InChI=1S/C17H14N6/c1-19-17-22-15(13-5-7-20-8-6-13)10-16(23-17)21-14-4-2-3-12(9-14)11-18/h2-10H,1H3,(H2,19,21,22,23). The second-order valence-electron chi connectivity index (χ2n) is 4.77. The number of nitriles is 1. The van der Waals surface area contributed by atoms with Crippen LogP contribution in [0.1, 0.15) is 5.56 Å². The zero-order chi connectivity index (χ0) is 16.1. The highest BCUT2D eigenvalue weighted by Gasteiger charge is 2.06. The molecule has 0 radical (unpaired) electrons. The fourth-order valence-corrected chi connectivity index (χ4v) is 2.11. The van der Waals surface area contributed by atoms with Gasteiger partial charge in [0.2, 0.25) is 5.95 Å². The summed E-state index contributed by atoms with van der Waals surface area (Å²) in [4.78, 5) is 12.9. The van der Waals surface area contributed by atoms with Crippen LogP contribution in [-0.4, -0.2) is 22.0 Å². The number of nitrogens with zero attached hydrogens (tertiary/aromatic N) is 4. The minimum atomic E-state index is 0.512. The van der Waals surface area contributed by atoms with Crippen molar-refractivity contribution >= 4 is 17.5 Å². The van der Waals surface area contributed by atoms with Crippen molar-refractivity contribution in [3.8, 4) is 17.3 Å². The van der Waals surface area contributed by atoms with Gasteiger partial charge in [-0.2, -0.15) is 10.2 Å². The van der Waals surface area contributed by atoms with Crippen molar-refractivity contribution in [1.82, 2.24) is 15.0 Å². The Balaban J connectivity index is 1.97. The van der Waals surface area contributed by atoms with Gasteiger partial charge in [-0.25, -0.2) is 4.98 Å². The first-order valence-electron chi connectivity index (χ1n) is 7.03. The summed E-state index contributed by atoms with van der Waals surface area (Å²) in [6.07, 6.45) is 3.44. The molecule has 112 valence electrons. The van der Waals surface area contributed by atoms with E-state index in [1.807, 2.05) is 30.3 Å². The van der Waals surface area contributed by atoms with Gasteiger partial charge in [0.15, 0.2) is 0 Å². The average Bonchev–Trinajstić information content (AvgIpc) is 2.62. The van der Waals surface area contributed by atoms with Crippen molar-refractivity contribution in [3.63, 3.8) is 0 Å². The van der Waals surface area contributed by atoms with Crippen LogP contribution >= 0.6 is 0 Å². The van der Waals surface area contributed by atoms with Crippen LogP contribution in [0.25, 0.3) is 11.3 Å². The van der Waals surface area contributed by atoms with Crippen LogP contribution in [0.2, 0.25) is 0 Å². The highest BCUT2D eigenvalue weighted by atomic mass is 15.1. The summed E-state index contributed by atoms with van der Waals surface area (Å²) in [7, 11) is 1.77. The summed E-state index contributed by atoms with van der Waals surface area (Å²) in [5.74, 6) is 1.16. The number of aromatic nitrogens is 3. The molecule has 23 heavy (non-hydrogen) atoms. The Morgan fingerprint density at radius 1 is 1.04 bits per heavy atom. The largest absolute Gasteiger partial charge is 0.357 e. The van der Waals surface area contributed by atoms with Crippen molar-refractivity contribution in [2.75, 3.05) is 17.7 Å². The lowest BCUT2D eigenvalue weighted by Crippen LogP contribution is -2.02. The first kappa shape index (κ1) is 14.5. The molecule has 0 saturated heterocycles. The Hall–Kier alpha value is -3.46. The summed E-state index contributed by atoms with van der Waals surface area (Å²) in [6, 6.07) is 15.0. The summed E-state index contributed by atoms with van der Waals surface area (Å²) in [5, 5.41) is 15.1. The van der Waals surface area contributed by atoms with E-state index in [4.69, 9.17) is 5.26 Å². The summed E-state index contributed by atoms with van der Waals surface area (Å²) in [5.41, 5.74) is 3.12. The average molecular weight is 302 g/mol. The Labute approximate surface area is 133 Å². The van der Waals surface area contributed by atoms with Gasteiger partial charge >= 0.3 is 0 Å². The topological polar surface area (TPSA) is 86.5 Å². The van der Waals surface area contributed by atoms with E-state index in [1.54, 1.807) is 31.6 Å². The van der Waals surface area contributed by atoms with Gasteiger partial charge in [0.1, 0.15) is 5.82 Å². The Morgan fingerprint density at radius 2 is 1.87 bits per heavy atom. The van der Waals surface area contributed by atoms with E-state index in [-0.39, 0.29) is 0 Å². The molecule has 0 aliphatic heterocycles. The van der Waals surface area contributed by atoms with Gasteiger partial charge in [-0.1, -0.05) is 6.07 Å². The molecule has 2 N–H and O–H groups in total. The molecular formula is C17H14N6. The van der Waals surface area contributed by atoms with E-state index < -0.39 is 0 Å². The van der Waals surface area contributed by atoms with Crippen LogP contribution in [0, 0.1) is 11.3 Å². The van der Waals surface area contributed by atoms with Gasteiger partial charge in [0.05, 0.1) is 17.3 Å². The maximum Gasteiger partial charge on any atom is 0.224 e. The van der Waals surface area contributed by atoms with E-state index in [9.17, 15) is 0 Å². The van der Waals surface area contributed by atoms with Crippen molar-refractivity contribution in [2.45, 2.75) is 0 Å². The number of hydrogen-bond acceptors (Lipinski definition) is 6. The maximum atomic E-state index is 8.98. The first-order valence-corrected chi connectivity index (χ1v) is 7.03. The molecule has 0 atom stereocenters. The Morgan fingerprint density at radius 3 is 2.61 bits per heavy atom. The molecule has 6 nitrogen and oxygen atoms in total. The van der Waals surface area contributed by atoms with E-state index in [2.05, 4.69) is 31.7 Å². The van der Waals surface area contributed by atoms with Crippen LogP contribution in [-0.2, 0) is 0 Å². The number of benzene rings is 1. The third-order valence-electron chi connectivity index (χ3n) is 3.19. The molecule has 0 spiro atoms. The molecule has 2 heterocycles. The lowest BCUT2D eigenvalue weighted by Gasteiger charge is -2.10.